The summed E-state index contributed by atoms with van der Waals surface area (Å²) in [6.45, 7) is 11.7. The summed E-state index contributed by atoms with van der Waals surface area (Å²) in [7, 11) is 0. The highest BCUT2D eigenvalue weighted by Crippen LogP contribution is 2.71. The van der Waals surface area contributed by atoms with Crippen molar-refractivity contribution >= 4 is 5.97 Å². The Balaban J connectivity index is 1.54. The molecular formula is C29H48F2O4. The van der Waals surface area contributed by atoms with Crippen LogP contribution in [0.15, 0.2) is 0 Å². The van der Waals surface area contributed by atoms with Crippen LogP contribution in [0.5, 0.6) is 0 Å². The van der Waals surface area contributed by atoms with Gasteiger partial charge in [-0.2, -0.15) is 0 Å². The van der Waals surface area contributed by atoms with Crippen molar-refractivity contribution in [1.29, 1.82) is 0 Å². The molecule has 0 aromatic carbocycles. The predicted molar refractivity (Wildman–Crippen MR) is 132 cm³/mol. The molecule has 6 heteroatoms. The molecule has 35 heavy (non-hydrogen) atoms. The zero-order valence-corrected chi connectivity index (χ0v) is 22.7. The summed E-state index contributed by atoms with van der Waals surface area (Å²) >= 11 is 0. The van der Waals surface area contributed by atoms with Gasteiger partial charge in [-0.15, -0.1) is 0 Å². The molecule has 0 aliphatic heterocycles. The molecule has 0 amide bonds. The van der Waals surface area contributed by atoms with Crippen molar-refractivity contribution in [2.75, 3.05) is 0 Å². The van der Waals surface area contributed by atoms with Crippen LogP contribution in [0, 0.1) is 46.3 Å². The zero-order valence-electron chi connectivity index (χ0n) is 22.7. The van der Waals surface area contributed by atoms with Gasteiger partial charge in [-0.05, 0) is 99.2 Å². The smallest absolute Gasteiger partial charge is 0.302 e. The number of carbonyl (C=O) groups is 1. The van der Waals surface area contributed by atoms with E-state index in [4.69, 9.17) is 4.74 Å². The molecule has 0 bridgehead atoms. The van der Waals surface area contributed by atoms with Crippen LogP contribution < -0.4 is 0 Å². The van der Waals surface area contributed by atoms with E-state index in [0.717, 1.165) is 51.4 Å². The van der Waals surface area contributed by atoms with Gasteiger partial charge in [0, 0.05) is 19.3 Å². The first-order valence-electron chi connectivity index (χ1n) is 14.1. The maximum absolute atomic E-state index is 16.1. The SMILES string of the molecule is CC(=O)O[C@H]1CC[C@@]2(C)C(CC(F)(F)[C@H]3[C@@H]4CC[C@H]([C@H](C)CCCC(C)(C)O)[C@@]4(C)CC[C@@H]32)[C@H]1O. The second-order valence-electron chi connectivity index (χ2n) is 13.9. The number of hydrogen-bond acceptors (Lipinski definition) is 4. The van der Waals surface area contributed by atoms with Crippen molar-refractivity contribution in [3.05, 3.63) is 0 Å². The van der Waals surface area contributed by atoms with Crippen LogP contribution >= 0.6 is 0 Å². The van der Waals surface area contributed by atoms with Crippen molar-refractivity contribution in [3.63, 3.8) is 0 Å². The number of halogens is 2. The molecule has 4 nitrogen and oxygen atoms in total. The molecule has 0 radical (unpaired) electrons. The van der Waals surface area contributed by atoms with E-state index in [1.54, 1.807) is 0 Å². The van der Waals surface area contributed by atoms with E-state index in [1.807, 2.05) is 13.8 Å². The van der Waals surface area contributed by atoms with Crippen LogP contribution in [-0.4, -0.2) is 39.9 Å². The zero-order chi connectivity index (χ0) is 26.0. The van der Waals surface area contributed by atoms with Crippen molar-refractivity contribution in [2.24, 2.45) is 46.3 Å². The van der Waals surface area contributed by atoms with Crippen LogP contribution in [0.25, 0.3) is 0 Å². The lowest BCUT2D eigenvalue weighted by Gasteiger charge is -2.63. The van der Waals surface area contributed by atoms with Gasteiger partial charge in [0.15, 0.2) is 0 Å². The first-order valence-corrected chi connectivity index (χ1v) is 14.1. The maximum atomic E-state index is 16.1. The molecule has 4 aliphatic carbocycles. The Morgan fingerprint density at radius 1 is 1.06 bits per heavy atom. The number of aliphatic hydroxyl groups is 2. The van der Waals surface area contributed by atoms with E-state index in [2.05, 4.69) is 20.8 Å². The summed E-state index contributed by atoms with van der Waals surface area (Å²) in [4.78, 5) is 11.5. The molecule has 0 heterocycles. The van der Waals surface area contributed by atoms with Gasteiger partial charge in [-0.3, -0.25) is 4.79 Å². The van der Waals surface area contributed by atoms with Crippen molar-refractivity contribution in [2.45, 2.75) is 129 Å². The van der Waals surface area contributed by atoms with Crippen molar-refractivity contribution in [3.8, 4) is 0 Å². The second kappa shape index (κ2) is 9.22. The van der Waals surface area contributed by atoms with Gasteiger partial charge in [-0.1, -0.05) is 33.6 Å². The predicted octanol–water partition coefficient (Wildman–Crippen LogP) is 6.37. The molecule has 0 aromatic rings. The monoisotopic (exact) mass is 498 g/mol. The fourth-order valence-electron chi connectivity index (χ4n) is 9.55. The van der Waals surface area contributed by atoms with Crippen molar-refractivity contribution < 1.29 is 28.5 Å². The third-order valence-electron chi connectivity index (χ3n) is 11.2. The minimum atomic E-state index is -2.82. The number of hydrogen-bond donors (Lipinski definition) is 2. The number of ether oxygens (including phenoxy) is 1. The molecule has 4 rings (SSSR count). The van der Waals surface area contributed by atoms with Crippen LogP contribution in [0.3, 0.4) is 0 Å². The van der Waals surface area contributed by atoms with Gasteiger partial charge < -0.3 is 14.9 Å². The van der Waals surface area contributed by atoms with E-state index in [0.29, 0.717) is 18.3 Å². The van der Waals surface area contributed by atoms with Gasteiger partial charge in [0.25, 0.3) is 5.92 Å². The Kier molecular flexibility index (Phi) is 7.19. The fourth-order valence-corrected chi connectivity index (χ4v) is 9.55. The van der Waals surface area contributed by atoms with E-state index < -0.39 is 41.5 Å². The van der Waals surface area contributed by atoms with Crippen LogP contribution in [0.1, 0.15) is 106 Å². The van der Waals surface area contributed by atoms with Gasteiger partial charge >= 0.3 is 5.97 Å². The molecule has 0 spiro atoms. The molecule has 4 saturated carbocycles. The normalized spacial score (nSPS) is 45.7. The number of esters is 1. The van der Waals surface area contributed by atoms with Gasteiger partial charge in [-0.25, -0.2) is 8.78 Å². The van der Waals surface area contributed by atoms with E-state index in [-0.39, 0.29) is 29.1 Å². The average molecular weight is 499 g/mol. The topological polar surface area (TPSA) is 66.8 Å². The highest BCUT2D eigenvalue weighted by molar-refractivity contribution is 5.66. The molecule has 0 saturated heterocycles. The Hall–Kier alpha value is -0.750. The Morgan fingerprint density at radius 3 is 2.31 bits per heavy atom. The molecule has 4 aliphatic rings. The lowest BCUT2D eigenvalue weighted by atomic mass is 9.43. The molecule has 10 atom stereocenters. The summed E-state index contributed by atoms with van der Waals surface area (Å²) in [5, 5.41) is 21.2. The molecule has 4 fully saturated rings. The lowest BCUT2D eigenvalue weighted by Crippen LogP contribution is -2.64. The summed E-state index contributed by atoms with van der Waals surface area (Å²) in [5.41, 5.74) is -1.08. The minimum Gasteiger partial charge on any atom is -0.460 e. The summed E-state index contributed by atoms with van der Waals surface area (Å²) < 4.78 is 37.5. The quantitative estimate of drug-likeness (QED) is 0.418. The number of alkyl halides is 2. The number of rotatable bonds is 6. The van der Waals surface area contributed by atoms with Crippen molar-refractivity contribution in [1.82, 2.24) is 0 Å². The van der Waals surface area contributed by atoms with Crippen LogP contribution in [-0.2, 0) is 9.53 Å². The number of carbonyl (C=O) groups excluding carboxylic acids is 1. The summed E-state index contributed by atoms with van der Waals surface area (Å²) in [6.07, 6.45) is 5.68. The summed E-state index contributed by atoms with van der Waals surface area (Å²) in [5.74, 6) is -3.63. The Bertz CT molecular complexity index is 794. The fraction of sp³-hybridized carbons (Fsp3) is 0.966. The van der Waals surface area contributed by atoms with E-state index >= 15 is 8.78 Å². The molecule has 1 unspecified atom stereocenters. The third kappa shape index (κ3) is 4.80. The third-order valence-corrected chi connectivity index (χ3v) is 11.2. The second-order valence-corrected chi connectivity index (χ2v) is 13.9. The largest absolute Gasteiger partial charge is 0.460 e. The molecular weight excluding hydrogens is 450 g/mol. The van der Waals surface area contributed by atoms with Gasteiger partial charge in [0.2, 0.25) is 0 Å². The standard InChI is InChI=1S/C29H48F2O4/c1-17(8-7-13-26(3,4)34)19-9-10-20-24-21(11-14-27(19,20)5)28(6)15-12-23(35-18(2)32)25(33)22(28)16-29(24,30)31/h17,19-25,33-34H,7-16H2,1-6H3/t17-,19-,20+,21+,22?,23+,24+,25-,27-,28-/m1/s1. The average Bonchev–Trinajstić information content (AvgIpc) is 3.08. The van der Waals surface area contributed by atoms with Gasteiger partial charge in [0.1, 0.15) is 6.10 Å². The van der Waals surface area contributed by atoms with Crippen LogP contribution in [0.2, 0.25) is 0 Å². The maximum Gasteiger partial charge on any atom is 0.302 e. The molecule has 2 N–H and O–H groups in total. The van der Waals surface area contributed by atoms with Crippen LogP contribution in [0.4, 0.5) is 8.78 Å². The van der Waals surface area contributed by atoms with Gasteiger partial charge in [0.05, 0.1) is 11.7 Å². The first-order chi connectivity index (χ1) is 16.1. The van der Waals surface area contributed by atoms with E-state index in [9.17, 15) is 15.0 Å². The minimum absolute atomic E-state index is 0.0130. The summed E-state index contributed by atoms with van der Waals surface area (Å²) in [6, 6.07) is 0. The first kappa shape index (κ1) is 27.3. The highest BCUT2D eigenvalue weighted by Gasteiger charge is 2.69. The molecule has 202 valence electrons. The van der Waals surface area contributed by atoms with E-state index in [1.165, 1.54) is 6.92 Å². The Labute approximate surface area is 210 Å². The highest BCUT2D eigenvalue weighted by atomic mass is 19.3. The number of fused-ring (bicyclic) bond motifs is 5. The molecule has 0 aromatic heterocycles. The number of aliphatic hydroxyl groups excluding tert-OH is 1. The lowest BCUT2D eigenvalue weighted by molar-refractivity contribution is -0.260. The Morgan fingerprint density at radius 2 is 1.69 bits per heavy atom.